The lowest BCUT2D eigenvalue weighted by Gasteiger charge is -2.36. The number of piperidine rings is 1. The van der Waals surface area contributed by atoms with Gasteiger partial charge in [-0.25, -0.2) is 9.37 Å². The van der Waals surface area contributed by atoms with Crippen LogP contribution in [0.4, 0.5) is 4.39 Å². The second-order valence-corrected chi connectivity index (χ2v) is 7.97. The van der Waals surface area contributed by atoms with Crippen molar-refractivity contribution in [2.24, 2.45) is 0 Å². The smallest absolute Gasteiger partial charge is 0.254 e. The minimum absolute atomic E-state index is 0.0435. The van der Waals surface area contributed by atoms with E-state index in [4.69, 9.17) is 0 Å². The van der Waals surface area contributed by atoms with Crippen LogP contribution in [0.2, 0.25) is 0 Å². The number of hydrogen-bond acceptors (Lipinski definition) is 4. The third kappa shape index (κ3) is 4.13. The maximum Gasteiger partial charge on any atom is 0.254 e. The number of aromatic nitrogens is 2. The monoisotopic (exact) mass is 412 g/mol. The van der Waals surface area contributed by atoms with E-state index in [1.807, 2.05) is 0 Å². The standard InChI is InChI=1S/C22H25FN4O3/c1-14(28)26-11-9-17-18(13-26)24-21(25-22(17)30)19-4-2-3-10-27(19)20(29)12-15-5-7-16(23)8-6-15/h5-8,19H,2-4,9-13H2,1H3,(H,24,25,30). The summed E-state index contributed by atoms with van der Waals surface area (Å²) in [5, 5.41) is 0. The van der Waals surface area contributed by atoms with Gasteiger partial charge in [0.05, 0.1) is 24.7 Å². The summed E-state index contributed by atoms with van der Waals surface area (Å²) < 4.78 is 13.2. The molecule has 1 atom stereocenters. The molecule has 1 saturated heterocycles. The van der Waals surface area contributed by atoms with Gasteiger partial charge in [-0.05, 0) is 43.4 Å². The summed E-state index contributed by atoms with van der Waals surface area (Å²) in [5.74, 6) is 0.0314. The number of nitrogens with one attached hydrogen (secondary N) is 1. The molecular formula is C22H25FN4O3. The normalized spacial score (nSPS) is 18.8. The molecule has 158 valence electrons. The number of nitrogens with zero attached hydrogens (tertiary/aromatic N) is 3. The molecule has 0 bridgehead atoms. The molecule has 2 aliphatic heterocycles. The zero-order chi connectivity index (χ0) is 21.3. The van der Waals surface area contributed by atoms with Crippen LogP contribution in [-0.4, -0.2) is 44.7 Å². The first-order valence-corrected chi connectivity index (χ1v) is 10.3. The van der Waals surface area contributed by atoms with E-state index in [0.717, 1.165) is 18.4 Å². The molecule has 2 aliphatic rings. The van der Waals surface area contributed by atoms with E-state index in [2.05, 4.69) is 9.97 Å². The predicted molar refractivity (Wildman–Crippen MR) is 108 cm³/mol. The average molecular weight is 412 g/mol. The van der Waals surface area contributed by atoms with Crippen LogP contribution in [0.15, 0.2) is 29.1 Å². The Balaban J connectivity index is 1.59. The van der Waals surface area contributed by atoms with Crippen LogP contribution in [0.25, 0.3) is 0 Å². The predicted octanol–water partition coefficient (Wildman–Crippen LogP) is 2.11. The van der Waals surface area contributed by atoms with E-state index in [1.54, 1.807) is 21.9 Å². The van der Waals surface area contributed by atoms with Crippen LogP contribution < -0.4 is 5.56 Å². The van der Waals surface area contributed by atoms with E-state index in [9.17, 15) is 18.8 Å². The Labute approximate surface area is 173 Å². The second kappa shape index (κ2) is 8.38. The van der Waals surface area contributed by atoms with Gasteiger partial charge in [-0.15, -0.1) is 0 Å². The Morgan fingerprint density at radius 2 is 1.97 bits per heavy atom. The molecular weight excluding hydrogens is 387 g/mol. The quantitative estimate of drug-likeness (QED) is 0.837. The second-order valence-electron chi connectivity index (χ2n) is 7.97. The van der Waals surface area contributed by atoms with E-state index in [1.165, 1.54) is 19.1 Å². The average Bonchev–Trinajstić information content (AvgIpc) is 2.74. The minimum atomic E-state index is -0.336. The highest BCUT2D eigenvalue weighted by Crippen LogP contribution is 2.30. The van der Waals surface area contributed by atoms with Gasteiger partial charge in [0.1, 0.15) is 11.6 Å². The summed E-state index contributed by atoms with van der Waals surface area (Å²) in [6.07, 6.45) is 3.19. The number of halogens is 1. The van der Waals surface area contributed by atoms with Crippen molar-refractivity contribution < 1.29 is 14.0 Å². The van der Waals surface area contributed by atoms with E-state index in [-0.39, 0.29) is 35.7 Å². The maximum absolute atomic E-state index is 13.2. The summed E-state index contributed by atoms with van der Waals surface area (Å²) in [4.78, 5) is 48.5. The molecule has 3 heterocycles. The highest BCUT2D eigenvalue weighted by atomic mass is 19.1. The first kappa shape index (κ1) is 20.3. The fraction of sp³-hybridized carbons (Fsp3) is 0.455. The van der Waals surface area contributed by atoms with Crippen molar-refractivity contribution in [3.63, 3.8) is 0 Å². The SMILES string of the molecule is CC(=O)N1CCc2c(nc(C3CCCCN3C(=O)Cc3ccc(F)cc3)[nH]c2=O)C1. The Morgan fingerprint density at radius 1 is 1.20 bits per heavy atom. The number of H-pyrrole nitrogens is 1. The molecule has 4 rings (SSSR count). The molecule has 1 aromatic heterocycles. The van der Waals surface area contributed by atoms with E-state index >= 15 is 0 Å². The van der Waals surface area contributed by atoms with Crippen LogP contribution in [0.3, 0.4) is 0 Å². The van der Waals surface area contributed by atoms with Crippen molar-refractivity contribution in [3.05, 3.63) is 63.1 Å². The molecule has 1 N–H and O–H groups in total. The molecule has 0 saturated carbocycles. The van der Waals surface area contributed by atoms with E-state index < -0.39 is 0 Å². The lowest BCUT2D eigenvalue weighted by molar-refractivity contribution is -0.134. The van der Waals surface area contributed by atoms with Crippen molar-refractivity contribution in [2.45, 2.75) is 51.6 Å². The Kier molecular flexibility index (Phi) is 5.65. The van der Waals surface area contributed by atoms with Gasteiger partial charge >= 0.3 is 0 Å². The molecule has 0 spiro atoms. The van der Waals surface area contributed by atoms with Gasteiger partial charge in [0.25, 0.3) is 5.56 Å². The number of likely N-dealkylation sites (tertiary alicyclic amines) is 1. The Bertz CT molecular complexity index is 1020. The molecule has 2 amide bonds. The van der Waals surface area contributed by atoms with Crippen LogP contribution in [0, 0.1) is 5.82 Å². The third-order valence-corrected chi connectivity index (χ3v) is 5.94. The highest BCUT2D eigenvalue weighted by molar-refractivity contribution is 5.79. The van der Waals surface area contributed by atoms with Crippen LogP contribution in [-0.2, 0) is 29.0 Å². The van der Waals surface area contributed by atoms with Crippen molar-refractivity contribution in [3.8, 4) is 0 Å². The molecule has 1 fully saturated rings. The van der Waals surface area contributed by atoms with Gasteiger partial charge < -0.3 is 14.8 Å². The molecule has 2 aromatic rings. The molecule has 0 radical (unpaired) electrons. The number of carbonyl (C=O) groups excluding carboxylic acids is 2. The summed E-state index contributed by atoms with van der Waals surface area (Å²) in [6, 6.07) is 5.61. The van der Waals surface area contributed by atoms with E-state index in [0.29, 0.717) is 49.6 Å². The fourth-order valence-corrected chi connectivity index (χ4v) is 4.28. The lowest BCUT2D eigenvalue weighted by atomic mass is 9.99. The topological polar surface area (TPSA) is 86.4 Å². The number of fused-ring (bicyclic) bond motifs is 1. The van der Waals surface area contributed by atoms with Gasteiger partial charge in [-0.1, -0.05) is 12.1 Å². The molecule has 0 aliphatic carbocycles. The number of rotatable bonds is 3. The first-order chi connectivity index (χ1) is 14.4. The number of hydrogen-bond donors (Lipinski definition) is 1. The molecule has 1 unspecified atom stereocenters. The van der Waals surface area contributed by atoms with Crippen LogP contribution >= 0.6 is 0 Å². The van der Waals surface area contributed by atoms with Crippen molar-refractivity contribution >= 4 is 11.8 Å². The van der Waals surface area contributed by atoms with Crippen molar-refractivity contribution in [2.75, 3.05) is 13.1 Å². The van der Waals surface area contributed by atoms with Gasteiger partial charge in [0.15, 0.2) is 0 Å². The lowest BCUT2D eigenvalue weighted by Crippen LogP contribution is -2.42. The molecule has 8 heteroatoms. The molecule has 30 heavy (non-hydrogen) atoms. The van der Waals surface area contributed by atoms with Gasteiger partial charge in [-0.3, -0.25) is 14.4 Å². The van der Waals surface area contributed by atoms with Crippen molar-refractivity contribution in [1.29, 1.82) is 0 Å². The summed E-state index contributed by atoms with van der Waals surface area (Å²) in [6.45, 7) is 2.93. The van der Waals surface area contributed by atoms with Crippen LogP contribution in [0.5, 0.6) is 0 Å². The van der Waals surface area contributed by atoms with Crippen LogP contribution in [0.1, 0.15) is 54.9 Å². The summed E-state index contributed by atoms with van der Waals surface area (Å²) in [7, 11) is 0. The van der Waals surface area contributed by atoms with Gasteiger partial charge in [0, 0.05) is 25.6 Å². The Morgan fingerprint density at radius 3 is 2.70 bits per heavy atom. The number of amides is 2. The highest BCUT2D eigenvalue weighted by Gasteiger charge is 2.31. The molecule has 1 aromatic carbocycles. The summed E-state index contributed by atoms with van der Waals surface area (Å²) >= 11 is 0. The minimum Gasteiger partial charge on any atom is -0.337 e. The molecule has 7 nitrogen and oxygen atoms in total. The van der Waals surface area contributed by atoms with Gasteiger partial charge in [-0.2, -0.15) is 0 Å². The number of aromatic amines is 1. The van der Waals surface area contributed by atoms with Crippen molar-refractivity contribution in [1.82, 2.24) is 19.8 Å². The van der Waals surface area contributed by atoms with Gasteiger partial charge in [0.2, 0.25) is 11.8 Å². The first-order valence-electron chi connectivity index (χ1n) is 10.3. The third-order valence-electron chi connectivity index (χ3n) is 5.94. The Hall–Kier alpha value is -3.03. The zero-order valence-electron chi connectivity index (χ0n) is 17.0. The summed E-state index contributed by atoms with van der Waals surface area (Å²) in [5.41, 5.74) is 1.80. The number of carbonyl (C=O) groups is 2. The number of benzene rings is 1. The fourth-order valence-electron chi connectivity index (χ4n) is 4.28. The zero-order valence-corrected chi connectivity index (χ0v) is 17.0. The maximum atomic E-state index is 13.2. The largest absolute Gasteiger partial charge is 0.337 e.